The fourth-order valence-electron chi connectivity index (χ4n) is 3.05. The van der Waals surface area contributed by atoms with E-state index in [1.54, 1.807) is 12.1 Å². The Morgan fingerprint density at radius 3 is 2.57 bits per heavy atom. The van der Waals surface area contributed by atoms with Crippen molar-refractivity contribution in [2.75, 3.05) is 19.7 Å². The van der Waals surface area contributed by atoms with E-state index in [0.717, 1.165) is 28.1 Å². The summed E-state index contributed by atoms with van der Waals surface area (Å²) < 4.78 is 76.6. The van der Waals surface area contributed by atoms with Crippen LogP contribution in [-0.2, 0) is 20.9 Å². The minimum atomic E-state index is -4.64. The molecule has 1 atom stereocenters. The lowest BCUT2D eigenvalue weighted by molar-refractivity contribution is -0.137. The van der Waals surface area contributed by atoms with E-state index >= 15 is 0 Å². The Kier molecular flexibility index (Phi) is 5.35. The van der Waals surface area contributed by atoms with Crippen LogP contribution in [0.2, 0.25) is 0 Å². The predicted molar refractivity (Wildman–Crippen MR) is 98.6 cm³/mol. The van der Waals surface area contributed by atoms with Crippen LogP contribution < -0.4 is 0 Å². The van der Waals surface area contributed by atoms with Crippen LogP contribution in [-0.4, -0.2) is 42.6 Å². The van der Waals surface area contributed by atoms with Crippen LogP contribution in [0.5, 0.6) is 0 Å². The number of alkyl halides is 3. The molecule has 0 spiro atoms. The summed E-state index contributed by atoms with van der Waals surface area (Å²) >= 11 is 0. The van der Waals surface area contributed by atoms with Crippen molar-refractivity contribution in [3.05, 3.63) is 66.1 Å². The van der Waals surface area contributed by atoms with Gasteiger partial charge in [-0.1, -0.05) is 41.6 Å². The van der Waals surface area contributed by atoms with Gasteiger partial charge in [-0.15, -0.1) is 0 Å². The second kappa shape index (κ2) is 7.82. The molecule has 0 saturated carbocycles. The van der Waals surface area contributed by atoms with E-state index < -0.39 is 32.8 Å². The van der Waals surface area contributed by atoms with Crippen molar-refractivity contribution in [3.63, 3.8) is 0 Å². The molecule has 1 aliphatic heterocycles. The molecule has 0 radical (unpaired) electrons. The van der Waals surface area contributed by atoms with Gasteiger partial charge in [0.05, 0.1) is 17.1 Å². The molecule has 2 heterocycles. The highest BCUT2D eigenvalue weighted by Crippen LogP contribution is 2.32. The number of rotatable bonds is 4. The van der Waals surface area contributed by atoms with Gasteiger partial charge in [-0.3, -0.25) is 0 Å². The SMILES string of the molecule is O=S(=O)(c1cccc(C(F)(F)F)c1)N1CCO[C@@H](c2nc(-c3ccccc3)no2)C1. The molecule has 1 fully saturated rings. The number of hydrogen-bond acceptors (Lipinski definition) is 6. The van der Waals surface area contributed by atoms with Gasteiger partial charge < -0.3 is 9.26 Å². The van der Waals surface area contributed by atoms with Gasteiger partial charge in [0.15, 0.2) is 6.10 Å². The predicted octanol–water partition coefficient (Wildman–Crippen LogP) is 3.52. The van der Waals surface area contributed by atoms with Crippen molar-refractivity contribution in [1.29, 1.82) is 0 Å². The largest absolute Gasteiger partial charge is 0.416 e. The Morgan fingerprint density at radius 2 is 1.83 bits per heavy atom. The maximum Gasteiger partial charge on any atom is 0.416 e. The molecule has 3 aromatic rings. The molecular weight excluding hydrogens is 423 g/mol. The van der Waals surface area contributed by atoms with Crippen LogP contribution in [0.1, 0.15) is 17.6 Å². The highest BCUT2D eigenvalue weighted by Gasteiger charge is 2.36. The number of hydrogen-bond donors (Lipinski definition) is 0. The summed E-state index contributed by atoms with van der Waals surface area (Å²) in [7, 11) is -4.17. The third-order valence-corrected chi connectivity index (χ3v) is 6.44. The second-order valence-corrected chi connectivity index (χ2v) is 8.51. The minimum Gasteiger partial charge on any atom is -0.366 e. The van der Waals surface area contributed by atoms with Gasteiger partial charge in [0, 0.05) is 18.7 Å². The van der Waals surface area contributed by atoms with Crippen molar-refractivity contribution in [1.82, 2.24) is 14.4 Å². The van der Waals surface area contributed by atoms with Gasteiger partial charge in [0.1, 0.15) is 0 Å². The van der Waals surface area contributed by atoms with Crippen molar-refractivity contribution < 1.29 is 30.8 Å². The topological polar surface area (TPSA) is 85.5 Å². The third-order valence-electron chi connectivity index (χ3n) is 4.58. The molecule has 0 amide bonds. The summed E-state index contributed by atoms with van der Waals surface area (Å²) in [4.78, 5) is 3.83. The van der Waals surface area contributed by atoms with E-state index in [1.807, 2.05) is 18.2 Å². The molecule has 0 N–H and O–H groups in total. The molecule has 11 heteroatoms. The summed E-state index contributed by atoms with van der Waals surface area (Å²) in [6.45, 7) is -0.129. The summed E-state index contributed by atoms with van der Waals surface area (Å²) in [5.41, 5.74) is -0.311. The van der Waals surface area contributed by atoms with E-state index in [0.29, 0.717) is 11.9 Å². The van der Waals surface area contributed by atoms with Gasteiger partial charge in [-0.2, -0.15) is 22.5 Å². The van der Waals surface area contributed by atoms with Crippen LogP contribution in [0.4, 0.5) is 13.2 Å². The molecule has 30 heavy (non-hydrogen) atoms. The lowest BCUT2D eigenvalue weighted by atomic mass is 10.2. The highest BCUT2D eigenvalue weighted by molar-refractivity contribution is 7.89. The molecule has 4 rings (SSSR count). The van der Waals surface area contributed by atoms with E-state index in [2.05, 4.69) is 10.1 Å². The average Bonchev–Trinajstić information content (AvgIpc) is 3.24. The van der Waals surface area contributed by atoms with E-state index in [9.17, 15) is 21.6 Å². The molecular formula is C19H16F3N3O4S. The van der Waals surface area contributed by atoms with Crippen molar-refractivity contribution in [2.24, 2.45) is 0 Å². The van der Waals surface area contributed by atoms with Gasteiger partial charge in [-0.05, 0) is 18.2 Å². The van der Waals surface area contributed by atoms with Crippen molar-refractivity contribution >= 4 is 10.0 Å². The first-order chi connectivity index (χ1) is 14.2. The summed E-state index contributed by atoms with van der Waals surface area (Å²) in [5, 5.41) is 3.89. The van der Waals surface area contributed by atoms with Crippen LogP contribution in [0.25, 0.3) is 11.4 Å². The normalized spacial score (nSPS) is 18.4. The molecule has 1 saturated heterocycles. The monoisotopic (exact) mass is 439 g/mol. The quantitative estimate of drug-likeness (QED) is 0.619. The Bertz CT molecular complexity index is 1130. The number of sulfonamides is 1. The zero-order valence-electron chi connectivity index (χ0n) is 15.4. The zero-order chi connectivity index (χ0) is 21.4. The van der Waals surface area contributed by atoms with Crippen LogP contribution in [0.15, 0.2) is 64.0 Å². The Hall–Kier alpha value is -2.76. The van der Waals surface area contributed by atoms with E-state index in [4.69, 9.17) is 9.26 Å². The Labute approximate surface area is 170 Å². The second-order valence-electron chi connectivity index (χ2n) is 6.57. The van der Waals surface area contributed by atoms with Crippen LogP contribution >= 0.6 is 0 Å². The van der Waals surface area contributed by atoms with Gasteiger partial charge in [0.2, 0.25) is 15.8 Å². The fourth-order valence-corrected chi connectivity index (χ4v) is 4.52. The zero-order valence-corrected chi connectivity index (χ0v) is 16.2. The number of aromatic nitrogens is 2. The summed E-state index contributed by atoms with van der Waals surface area (Å²) in [6, 6.07) is 12.7. The molecule has 0 unspecified atom stereocenters. The average molecular weight is 439 g/mol. The number of morpholine rings is 1. The van der Waals surface area contributed by atoms with Crippen molar-refractivity contribution in [3.8, 4) is 11.4 Å². The fraction of sp³-hybridized carbons (Fsp3) is 0.263. The number of ether oxygens (including phenoxy) is 1. The molecule has 0 aliphatic carbocycles. The first-order valence-electron chi connectivity index (χ1n) is 8.93. The molecule has 1 aliphatic rings. The van der Waals surface area contributed by atoms with Gasteiger partial charge in [-0.25, -0.2) is 8.42 Å². The first kappa shape index (κ1) is 20.5. The maximum absolute atomic E-state index is 13.0. The van der Waals surface area contributed by atoms with Gasteiger partial charge in [0.25, 0.3) is 5.89 Å². The Morgan fingerprint density at radius 1 is 1.07 bits per heavy atom. The Balaban J connectivity index is 1.56. The maximum atomic E-state index is 13.0. The van der Waals surface area contributed by atoms with Crippen LogP contribution in [0.3, 0.4) is 0 Å². The molecule has 0 bridgehead atoms. The number of halogens is 3. The molecule has 1 aromatic heterocycles. The molecule has 7 nitrogen and oxygen atoms in total. The first-order valence-corrected chi connectivity index (χ1v) is 10.4. The summed E-state index contributed by atoms with van der Waals surface area (Å²) in [6.07, 6.45) is -5.47. The van der Waals surface area contributed by atoms with Crippen molar-refractivity contribution in [2.45, 2.75) is 17.2 Å². The lowest BCUT2D eigenvalue weighted by Crippen LogP contribution is -2.42. The smallest absolute Gasteiger partial charge is 0.366 e. The standard InChI is InChI=1S/C19H16F3N3O4S/c20-19(21,22)14-7-4-8-15(11-14)30(26,27)25-9-10-28-16(12-25)18-23-17(24-29-18)13-5-2-1-3-6-13/h1-8,11,16H,9-10,12H2/t16-/m1/s1. The lowest BCUT2D eigenvalue weighted by Gasteiger charge is -2.30. The van der Waals surface area contributed by atoms with E-state index in [-0.39, 0.29) is 25.6 Å². The van der Waals surface area contributed by atoms with Gasteiger partial charge >= 0.3 is 6.18 Å². The van der Waals surface area contributed by atoms with E-state index in [1.165, 1.54) is 0 Å². The highest BCUT2D eigenvalue weighted by atomic mass is 32.2. The molecule has 2 aromatic carbocycles. The minimum absolute atomic E-state index is 0.00520. The third kappa shape index (κ3) is 4.09. The van der Waals surface area contributed by atoms with Crippen LogP contribution in [0, 0.1) is 0 Å². The molecule has 158 valence electrons. The number of nitrogens with zero attached hydrogens (tertiary/aromatic N) is 3. The summed E-state index contributed by atoms with van der Waals surface area (Å²) in [5.74, 6) is 0.421. The number of benzene rings is 2.